The molecule has 0 fully saturated rings. The normalized spacial score (nSPS) is 11.3. The quantitative estimate of drug-likeness (QED) is 0.772. The lowest BCUT2D eigenvalue weighted by Gasteiger charge is -2.14. The molecule has 1 aromatic heterocycles. The molecule has 118 valence electrons. The first-order valence-electron chi connectivity index (χ1n) is 6.76. The molecular weight excluding hydrogens is 322 g/mol. The Bertz CT molecular complexity index is 676. The molecule has 0 atom stereocenters. The lowest BCUT2D eigenvalue weighted by Crippen LogP contribution is -2.11. The molecule has 0 amide bonds. The summed E-state index contributed by atoms with van der Waals surface area (Å²) in [6.07, 6.45) is 0. The van der Waals surface area contributed by atoms with Crippen molar-refractivity contribution in [3.8, 4) is 5.75 Å². The van der Waals surface area contributed by atoms with Gasteiger partial charge in [0.2, 0.25) is 0 Å². The van der Waals surface area contributed by atoms with Gasteiger partial charge in [0, 0.05) is 15.8 Å². The second-order valence-corrected chi connectivity index (χ2v) is 7.21. The Hall–Kier alpha value is -1.59. The van der Waals surface area contributed by atoms with Gasteiger partial charge in [0.25, 0.3) is 0 Å². The van der Waals surface area contributed by atoms with Gasteiger partial charge in [-0.3, -0.25) is 0 Å². The molecule has 0 radical (unpaired) electrons. The van der Waals surface area contributed by atoms with Crippen molar-refractivity contribution in [2.75, 3.05) is 7.11 Å². The zero-order chi connectivity index (χ0) is 16.3. The number of carbonyl (C=O) groups is 1. The molecule has 0 spiro atoms. The van der Waals surface area contributed by atoms with E-state index in [0.717, 1.165) is 10.7 Å². The third kappa shape index (κ3) is 4.21. The first kappa shape index (κ1) is 16.8. The number of aromatic nitrogens is 1. The van der Waals surface area contributed by atoms with E-state index in [9.17, 15) is 4.79 Å². The summed E-state index contributed by atoms with van der Waals surface area (Å²) in [4.78, 5) is 16.1. The highest BCUT2D eigenvalue weighted by atomic mass is 35.5. The van der Waals surface area contributed by atoms with Crippen LogP contribution in [0, 0.1) is 0 Å². The smallest absolute Gasteiger partial charge is 0.338 e. The van der Waals surface area contributed by atoms with Crippen LogP contribution in [0.25, 0.3) is 0 Å². The van der Waals surface area contributed by atoms with Crippen LogP contribution in [-0.2, 0) is 16.8 Å². The molecule has 22 heavy (non-hydrogen) atoms. The van der Waals surface area contributed by atoms with Gasteiger partial charge in [0.05, 0.1) is 18.4 Å². The molecule has 4 nitrogen and oxygen atoms in total. The number of halogens is 1. The number of methoxy groups -OCH3 is 1. The highest BCUT2D eigenvalue weighted by Gasteiger charge is 2.17. The van der Waals surface area contributed by atoms with Gasteiger partial charge in [0.15, 0.2) is 0 Å². The van der Waals surface area contributed by atoms with E-state index in [-0.39, 0.29) is 5.41 Å². The van der Waals surface area contributed by atoms with Gasteiger partial charge in [-0.25, -0.2) is 9.78 Å². The Kier molecular flexibility index (Phi) is 5.08. The van der Waals surface area contributed by atoms with Gasteiger partial charge in [-0.2, -0.15) is 0 Å². The van der Waals surface area contributed by atoms with Crippen LogP contribution in [0.5, 0.6) is 5.75 Å². The van der Waals surface area contributed by atoms with Crippen LogP contribution in [0.1, 0.15) is 41.8 Å². The number of esters is 1. The highest BCUT2D eigenvalue weighted by molar-refractivity contribution is 7.09. The molecule has 2 aromatic rings. The number of benzene rings is 1. The summed E-state index contributed by atoms with van der Waals surface area (Å²) in [5.74, 6) is 0.0667. The maximum atomic E-state index is 11.6. The van der Waals surface area contributed by atoms with Crippen molar-refractivity contribution in [2.45, 2.75) is 32.8 Å². The summed E-state index contributed by atoms with van der Waals surface area (Å²) in [6.45, 7) is 6.69. The molecule has 0 saturated carbocycles. The molecule has 0 aliphatic carbocycles. The Morgan fingerprint density at radius 1 is 1.32 bits per heavy atom. The summed E-state index contributed by atoms with van der Waals surface area (Å²) in [5, 5.41) is 3.34. The van der Waals surface area contributed by atoms with Crippen LogP contribution in [-0.4, -0.2) is 18.1 Å². The Morgan fingerprint density at radius 3 is 2.64 bits per heavy atom. The molecule has 0 N–H and O–H groups in total. The first-order chi connectivity index (χ1) is 10.3. The zero-order valence-corrected chi connectivity index (χ0v) is 14.5. The van der Waals surface area contributed by atoms with Crippen LogP contribution >= 0.6 is 22.9 Å². The minimum atomic E-state index is -0.448. The molecule has 6 heteroatoms. The van der Waals surface area contributed by atoms with Crippen LogP contribution in [0.4, 0.5) is 0 Å². The molecule has 1 heterocycles. The van der Waals surface area contributed by atoms with Crippen molar-refractivity contribution >= 4 is 28.9 Å². The third-order valence-electron chi connectivity index (χ3n) is 2.97. The number of ether oxygens (including phenoxy) is 2. The predicted octanol–water partition coefficient (Wildman–Crippen LogP) is 4.46. The van der Waals surface area contributed by atoms with E-state index in [1.54, 1.807) is 29.5 Å². The molecule has 1 aromatic carbocycles. The summed E-state index contributed by atoms with van der Waals surface area (Å²) in [5.41, 5.74) is 1.42. The van der Waals surface area contributed by atoms with E-state index in [1.807, 2.05) is 5.38 Å². The summed E-state index contributed by atoms with van der Waals surface area (Å²) in [7, 11) is 1.33. The topological polar surface area (TPSA) is 48.4 Å². The van der Waals surface area contributed by atoms with E-state index >= 15 is 0 Å². The zero-order valence-electron chi connectivity index (χ0n) is 13.0. The molecule has 0 bridgehead atoms. The number of thiazole rings is 1. The Labute approximate surface area is 139 Å². The number of hydrogen-bond donors (Lipinski definition) is 0. The van der Waals surface area contributed by atoms with Crippen molar-refractivity contribution in [3.63, 3.8) is 0 Å². The highest BCUT2D eigenvalue weighted by Crippen LogP contribution is 2.26. The molecule has 0 unspecified atom stereocenters. The maximum absolute atomic E-state index is 11.6. The molecule has 0 aliphatic heterocycles. The fourth-order valence-electron chi connectivity index (χ4n) is 1.75. The van der Waals surface area contributed by atoms with Crippen molar-refractivity contribution in [1.29, 1.82) is 0 Å². The van der Waals surface area contributed by atoms with E-state index in [1.165, 1.54) is 7.11 Å². The number of carbonyl (C=O) groups excluding carboxylic acids is 1. The average Bonchev–Trinajstić information content (AvgIpc) is 2.92. The third-order valence-corrected chi connectivity index (χ3v) is 4.02. The fourth-order valence-corrected chi connectivity index (χ4v) is 2.91. The fraction of sp³-hybridized carbons (Fsp3) is 0.375. The second-order valence-electron chi connectivity index (χ2n) is 5.83. The van der Waals surface area contributed by atoms with Gasteiger partial charge in [-0.05, 0) is 18.2 Å². The maximum Gasteiger partial charge on any atom is 0.338 e. The van der Waals surface area contributed by atoms with E-state index in [0.29, 0.717) is 22.9 Å². The predicted molar refractivity (Wildman–Crippen MR) is 87.9 cm³/mol. The number of rotatable bonds is 4. The molecule has 0 saturated heterocycles. The Balaban J connectivity index is 2.10. The van der Waals surface area contributed by atoms with E-state index < -0.39 is 5.97 Å². The monoisotopic (exact) mass is 339 g/mol. The van der Waals surface area contributed by atoms with Crippen LogP contribution < -0.4 is 4.74 Å². The molecular formula is C16H18ClNO3S. The first-order valence-corrected chi connectivity index (χ1v) is 8.02. The SMILES string of the molecule is COC(=O)c1cc(Cl)cc(OCc2nc(C(C)(C)C)cs2)c1. The average molecular weight is 340 g/mol. The second kappa shape index (κ2) is 6.67. The van der Waals surface area contributed by atoms with E-state index in [4.69, 9.17) is 16.3 Å². The van der Waals surface area contributed by atoms with Crippen LogP contribution in [0.15, 0.2) is 23.6 Å². The van der Waals surface area contributed by atoms with E-state index in [2.05, 4.69) is 30.5 Å². The van der Waals surface area contributed by atoms with Gasteiger partial charge in [-0.15, -0.1) is 11.3 Å². The van der Waals surface area contributed by atoms with Crippen molar-refractivity contribution < 1.29 is 14.3 Å². The van der Waals surface area contributed by atoms with Gasteiger partial charge in [0.1, 0.15) is 17.4 Å². The van der Waals surface area contributed by atoms with Crippen molar-refractivity contribution in [3.05, 3.63) is 44.9 Å². The molecule has 2 rings (SSSR count). The van der Waals surface area contributed by atoms with Crippen molar-refractivity contribution in [2.24, 2.45) is 0 Å². The van der Waals surface area contributed by atoms with Crippen LogP contribution in [0.3, 0.4) is 0 Å². The van der Waals surface area contributed by atoms with Gasteiger partial charge >= 0.3 is 5.97 Å². The van der Waals surface area contributed by atoms with Gasteiger partial charge in [-0.1, -0.05) is 32.4 Å². The summed E-state index contributed by atoms with van der Waals surface area (Å²) in [6, 6.07) is 4.81. The summed E-state index contributed by atoms with van der Waals surface area (Å²) >= 11 is 7.55. The number of hydrogen-bond acceptors (Lipinski definition) is 5. The Morgan fingerprint density at radius 2 is 2.05 bits per heavy atom. The minimum Gasteiger partial charge on any atom is -0.486 e. The van der Waals surface area contributed by atoms with Crippen LogP contribution in [0.2, 0.25) is 5.02 Å². The lowest BCUT2D eigenvalue weighted by atomic mass is 9.93. The minimum absolute atomic E-state index is 0.0167. The standard InChI is InChI=1S/C16H18ClNO3S/c1-16(2,3)13-9-22-14(18-13)8-21-12-6-10(15(19)20-4)5-11(17)7-12/h5-7,9H,8H2,1-4H3. The molecule has 0 aliphatic rings. The lowest BCUT2D eigenvalue weighted by molar-refractivity contribution is 0.0600. The number of nitrogens with zero attached hydrogens (tertiary/aromatic N) is 1. The van der Waals surface area contributed by atoms with Crippen molar-refractivity contribution in [1.82, 2.24) is 4.98 Å². The van der Waals surface area contributed by atoms with Gasteiger partial charge < -0.3 is 9.47 Å². The summed E-state index contributed by atoms with van der Waals surface area (Å²) < 4.78 is 10.4. The largest absolute Gasteiger partial charge is 0.486 e.